The Morgan fingerprint density at radius 3 is 2.87 bits per heavy atom. The average molecular weight is 310 g/mol. The van der Waals surface area contributed by atoms with Crippen LogP contribution in [0.5, 0.6) is 0 Å². The van der Waals surface area contributed by atoms with Crippen molar-refractivity contribution in [1.29, 1.82) is 0 Å². The number of pyridine rings is 1. The second-order valence-electron chi connectivity index (χ2n) is 7.13. The predicted molar refractivity (Wildman–Crippen MR) is 94.6 cm³/mol. The zero-order valence-corrected chi connectivity index (χ0v) is 14.2. The first-order valence-electron chi connectivity index (χ1n) is 8.69. The summed E-state index contributed by atoms with van der Waals surface area (Å²) in [6, 6.07) is 9.47. The highest BCUT2D eigenvalue weighted by Crippen LogP contribution is 2.23. The number of aromatic nitrogens is 1. The van der Waals surface area contributed by atoms with E-state index in [1.54, 1.807) is 0 Å². The summed E-state index contributed by atoms with van der Waals surface area (Å²) < 4.78 is 0. The zero-order chi connectivity index (χ0) is 15.8. The largest absolute Gasteiger partial charge is 0.303 e. The number of benzene rings is 1. The molecule has 0 bridgehead atoms. The summed E-state index contributed by atoms with van der Waals surface area (Å²) in [6.07, 6.45) is 1.90. The maximum absolute atomic E-state index is 4.58. The Bertz CT molecular complexity index is 699. The Labute approximate surface area is 138 Å². The van der Waals surface area contributed by atoms with E-state index in [1.165, 1.54) is 55.8 Å². The Hall–Kier alpha value is -1.49. The highest BCUT2D eigenvalue weighted by atomic mass is 15.3. The molecule has 0 spiro atoms. The lowest BCUT2D eigenvalue weighted by atomic mass is 10.0. The van der Waals surface area contributed by atoms with Crippen molar-refractivity contribution >= 4 is 10.9 Å². The molecule has 122 valence electrons. The molecule has 2 saturated heterocycles. The standard InChI is InChI=1S/C19H26N4/c1-15-5-6-16(18-4-3-7-20-19(15)18)12-22-9-11-23-10-8-21(2)13-17(23)14-22/h3-7,17H,8-14H2,1-2H3/t17-/m0/s1. The predicted octanol–water partition coefficient (Wildman–Crippen LogP) is 1.97. The SMILES string of the molecule is Cc1ccc(CN2CCN3CCN(C)C[C@H]3C2)c2cccnc12. The molecule has 4 heteroatoms. The molecule has 1 aromatic heterocycles. The Balaban J connectivity index is 1.54. The van der Waals surface area contributed by atoms with E-state index in [-0.39, 0.29) is 0 Å². The number of hydrogen-bond donors (Lipinski definition) is 0. The molecule has 4 rings (SSSR count). The molecule has 23 heavy (non-hydrogen) atoms. The van der Waals surface area contributed by atoms with E-state index < -0.39 is 0 Å². The molecule has 2 aliphatic heterocycles. The molecule has 2 aliphatic rings. The quantitative estimate of drug-likeness (QED) is 0.846. The fourth-order valence-corrected chi connectivity index (χ4v) is 4.07. The number of fused-ring (bicyclic) bond motifs is 2. The zero-order valence-electron chi connectivity index (χ0n) is 14.2. The molecule has 0 N–H and O–H groups in total. The summed E-state index contributed by atoms with van der Waals surface area (Å²) in [7, 11) is 2.25. The number of rotatable bonds is 2. The van der Waals surface area contributed by atoms with Gasteiger partial charge >= 0.3 is 0 Å². The summed E-state index contributed by atoms with van der Waals surface area (Å²) in [6.45, 7) is 10.4. The molecule has 0 aliphatic carbocycles. The van der Waals surface area contributed by atoms with E-state index in [4.69, 9.17) is 0 Å². The molecular formula is C19H26N4. The summed E-state index contributed by atoms with van der Waals surface area (Å²) in [5.41, 5.74) is 3.83. The van der Waals surface area contributed by atoms with Crippen molar-refractivity contribution < 1.29 is 0 Å². The van der Waals surface area contributed by atoms with Gasteiger partial charge in [0, 0.05) is 63.4 Å². The van der Waals surface area contributed by atoms with Crippen molar-refractivity contribution in [1.82, 2.24) is 19.7 Å². The topological polar surface area (TPSA) is 22.6 Å². The van der Waals surface area contributed by atoms with Crippen molar-refractivity contribution in [3.63, 3.8) is 0 Å². The van der Waals surface area contributed by atoms with Gasteiger partial charge in [-0.25, -0.2) is 0 Å². The van der Waals surface area contributed by atoms with Crippen LogP contribution in [0.4, 0.5) is 0 Å². The Kier molecular flexibility index (Phi) is 4.05. The molecule has 0 unspecified atom stereocenters. The molecule has 1 atom stereocenters. The number of hydrogen-bond acceptors (Lipinski definition) is 4. The van der Waals surface area contributed by atoms with Crippen LogP contribution < -0.4 is 0 Å². The van der Waals surface area contributed by atoms with Crippen molar-refractivity contribution in [2.45, 2.75) is 19.5 Å². The summed E-state index contributed by atoms with van der Waals surface area (Å²) in [4.78, 5) is 12.3. The number of piperazine rings is 2. The third-order valence-corrected chi connectivity index (χ3v) is 5.44. The minimum absolute atomic E-state index is 0.692. The number of nitrogens with zero attached hydrogens (tertiary/aromatic N) is 4. The highest BCUT2D eigenvalue weighted by molar-refractivity contribution is 5.84. The van der Waals surface area contributed by atoms with E-state index >= 15 is 0 Å². The fourth-order valence-electron chi connectivity index (χ4n) is 4.07. The molecule has 3 heterocycles. The van der Waals surface area contributed by atoms with Crippen LogP contribution in [-0.2, 0) is 6.54 Å². The van der Waals surface area contributed by atoms with Gasteiger partial charge in [0.15, 0.2) is 0 Å². The molecule has 0 saturated carbocycles. The number of likely N-dealkylation sites (N-methyl/N-ethyl adjacent to an activating group) is 1. The summed E-state index contributed by atoms with van der Waals surface area (Å²) in [5, 5.41) is 1.32. The van der Waals surface area contributed by atoms with E-state index in [2.05, 4.69) is 57.9 Å². The first-order chi connectivity index (χ1) is 11.2. The van der Waals surface area contributed by atoms with Gasteiger partial charge in [-0.15, -0.1) is 0 Å². The van der Waals surface area contributed by atoms with Gasteiger partial charge in [0.25, 0.3) is 0 Å². The van der Waals surface area contributed by atoms with Crippen LogP contribution in [0.2, 0.25) is 0 Å². The van der Waals surface area contributed by atoms with Crippen LogP contribution in [-0.4, -0.2) is 72.0 Å². The van der Waals surface area contributed by atoms with Gasteiger partial charge in [0.2, 0.25) is 0 Å². The normalized spacial score (nSPS) is 24.0. The van der Waals surface area contributed by atoms with Gasteiger partial charge in [-0.3, -0.25) is 14.8 Å². The van der Waals surface area contributed by atoms with E-state index in [9.17, 15) is 0 Å². The second kappa shape index (κ2) is 6.19. The van der Waals surface area contributed by atoms with Crippen LogP contribution >= 0.6 is 0 Å². The molecule has 2 fully saturated rings. The van der Waals surface area contributed by atoms with Crippen molar-refractivity contribution in [2.75, 3.05) is 46.3 Å². The van der Waals surface area contributed by atoms with Gasteiger partial charge in [-0.05, 0) is 31.2 Å². The minimum atomic E-state index is 0.692. The maximum atomic E-state index is 4.58. The third-order valence-electron chi connectivity index (χ3n) is 5.44. The Morgan fingerprint density at radius 1 is 1.09 bits per heavy atom. The smallest absolute Gasteiger partial charge is 0.0734 e. The minimum Gasteiger partial charge on any atom is -0.303 e. The van der Waals surface area contributed by atoms with E-state index in [0.717, 1.165) is 12.1 Å². The lowest BCUT2D eigenvalue weighted by Crippen LogP contribution is -2.61. The van der Waals surface area contributed by atoms with Crippen LogP contribution in [0.1, 0.15) is 11.1 Å². The average Bonchev–Trinajstić information content (AvgIpc) is 2.57. The fraction of sp³-hybridized carbons (Fsp3) is 0.526. The van der Waals surface area contributed by atoms with Gasteiger partial charge < -0.3 is 4.90 Å². The lowest BCUT2D eigenvalue weighted by Gasteiger charge is -2.46. The van der Waals surface area contributed by atoms with Crippen LogP contribution in [0.25, 0.3) is 10.9 Å². The molecule has 1 aromatic carbocycles. The van der Waals surface area contributed by atoms with Crippen LogP contribution in [0.3, 0.4) is 0 Å². The van der Waals surface area contributed by atoms with Gasteiger partial charge in [-0.1, -0.05) is 18.2 Å². The van der Waals surface area contributed by atoms with Crippen molar-refractivity contribution in [2.24, 2.45) is 0 Å². The molecular weight excluding hydrogens is 284 g/mol. The van der Waals surface area contributed by atoms with E-state index in [1.807, 2.05) is 6.20 Å². The second-order valence-corrected chi connectivity index (χ2v) is 7.13. The third kappa shape index (κ3) is 2.99. The van der Waals surface area contributed by atoms with Gasteiger partial charge in [-0.2, -0.15) is 0 Å². The highest BCUT2D eigenvalue weighted by Gasteiger charge is 2.30. The summed E-state index contributed by atoms with van der Waals surface area (Å²) in [5.74, 6) is 0. The lowest BCUT2D eigenvalue weighted by molar-refractivity contribution is 0.0176. The first-order valence-corrected chi connectivity index (χ1v) is 8.69. The van der Waals surface area contributed by atoms with Crippen molar-refractivity contribution in [3.05, 3.63) is 41.6 Å². The molecule has 2 aromatic rings. The van der Waals surface area contributed by atoms with E-state index in [0.29, 0.717) is 6.04 Å². The van der Waals surface area contributed by atoms with Crippen LogP contribution in [0.15, 0.2) is 30.5 Å². The summed E-state index contributed by atoms with van der Waals surface area (Å²) >= 11 is 0. The number of aryl methyl sites for hydroxylation is 1. The Morgan fingerprint density at radius 2 is 1.96 bits per heavy atom. The molecule has 4 nitrogen and oxygen atoms in total. The maximum Gasteiger partial charge on any atom is 0.0734 e. The van der Waals surface area contributed by atoms with Gasteiger partial charge in [0.1, 0.15) is 0 Å². The van der Waals surface area contributed by atoms with Crippen LogP contribution in [0, 0.1) is 6.92 Å². The van der Waals surface area contributed by atoms with Crippen molar-refractivity contribution in [3.8, 4) is 0 Å². The molecule has 0 radical (unpaired) electrons. The molecule has 0 amide bonds. The first kappa shape index (κ1) is 15.1. The monoisotopic (exact) mass is 310 g/mol. The van der Waals surface area contributed by atoms with Gasteiger partial charge in [0.05, 0.1) is 5.52 Å².